The lowest BCUT2D eigenvalue weighted by molar-refractivity contribution is 0.563. The minimum atomic E-state index is -3.69. The minimum absolute atomic E-state index is 0.114. The number of aromatic nitrogens is 1. The van der Waals surface area contributed by atoms with Gasteiger partial charge in [0.05, 0.1) is 10.2 Å². The molecule has 174 valence electrons. The number of unbranched alkanes of at least 4 members (excludes halogenated alkanes) is 9. The SMILES string of the molecule is CCCCCCCCCCCCSc1cccc2sc(S(=O)(=O)Nc3ccccc3)nc12. The number of sulfonamides is 1. The molecule has 4 nitrogen and oxygen atoms in total. The molecule has 0 radical (unpaired) electrons. The molecule has 1 N–H and O–H groups in total. The molecule has 1 heterocycles. The van der Waals surface area contributed by atoms with Gasteiger partial charge in [0.15, 0.2) is 0 Å². The van der Waals surface area contributed by atoms with Gasteiger partial charge in [0.1, 0.15) is 0 Å². The molecule has 0 unspecified atom stereocenters. The van der Waals surface area contributed by atoms with Crippen molar-refractivity contribution < 1.29 is 8.42 Å². The van der Waals surface area contributed by atoms with Crippen molar-refractivity contribution in [2.75, 3.05) is 10.5 Å². The molecular formula is C25H34N2O2S3. The van der Waals surface area contributed by atoms with Gasteiger partial charge in [-0.25, -0.2) is 4.98 Å². The van der Waals surface area contributed by atoms with Crippen LogP contribution in [0.15, 0.2) is 57.8 Å². The molecule has 0 amide bonds. The summed E-state index contributed by atoms with van der Waals surface area (Å²) in [4.78, 5) is 5.56. The first-order chi connectivity index (χ1) is 15.6. The van der Waals surface area contributed by atoms with Crippen molar-refractivity contribution in [2.24, 2.45) is 0 Å². The van der Waals surface area contributed by atoms with Crippen molar-refractivity contribution in [3.63, 3.8) is 0 Å². The highest BCUT2D eigenvalue weighted by Gasteiger charge is 2.20. The number of hydrogen-bond donors (Lipinski definition) is 1. The smallest absolute Gasteiger partial charge is 0.278 e. The van der Waals surface area contributed by atoms with Crippen molar-refractivity contribution in [3.8, 4) is 0 Å². The summed E-state index contributed by atoms with van der Waals surface area (Å²) in [7, 11) is -3.69. The molecule has 32 heavy (non-hydrogen) atoms. The zero-order valence-electron chi connectivity index (χ0n) is 18.9. The van der Waals surface area contributed by atoms with E-state index in [9.17, 15) is 8.42 Å². The summed E-state index contributed by atoms with van der Waals surface area (Å²) in [5.41, 5.74) is 1.34. The summed E-state index contributed by atoms with van der Waals surface area (Å²) >= 11 is 3.01. The highest BCUT2D eigenvalue weighted by atomic mass is 32.2. The maximum Gasteiger partial charge on any atom is 0.289 e. The standard InChI is InChI=1S/C25H34N2O2S3/c1-2-3-4-5-6-7-8-9-10-14-20-30-22-18-15-19-23-24(22)26-25(31-23)32(28,29)27-21-16-12-11-13-17-21/h11-13,15-19,27H,2-10,14,20H2,1H3. The third-order valence-corrected chi connectivity index (χ3v) is 9.29. The Kier molecular flexibility index (Phi) is 10.3. The topological polar surface area (TPSA) is 59.1 Å². The summed E-state index contributed by atoms with van der Waals surface area (Å²) in [6.07, 6.45) is 13.3. The van der Waals surface area contributed by atoms with Crippen LogP contribution in [0.4, 0.5) is 5.69 Å². The van der Waals surface area contributed by atoms with E-state index in [0.29, 0.717) is 5.69 Å². The summed E-state index contributed by atoms with van der Waals surface area (Å²) in [5.74, 6) is 1.04. The van der Waals surface area contributed by atoms with Gasteiger partial charge < -0.3 is 0 Å². The number of thioether (sulfide) groups is 1. The predicted molar refractivity (Wildman–Crippen MR) is 139 cm³/mol. The molecule has 0 bridgehead atoms. The molecule has 0 aliphatic heterocycles. The number of anilines is 1. The number of benzene rings is 2. The molecule has 1 aromatic heterocycles. The second kappa shape index (κ2) is 13.2. The van der Waals surface area contributed by atoms with Crippen molar-refractivity contribution in [1.82, 2.24) is 4.98 Å². The predicted octanol–water partition coefficient (Wildman–Crippen LogP) is 8.11. The van der Waals surface area contributed by atoms with Gasteiger partial charge in [-0.3, -0.25) is 4.72 Å². The Labute approximate surface area is 201 Å². The van der Waals surface area contributed by atoms with E-state index in [1.807, 2.05) is 24.3 Å². The van der Waals surface area contributed by atoms with Crippen LogP contribution < -0.4 is 4.72 Å². The van der Waals surface area contributed by atoms with Crippen molar-refractivity contribution in [1.29, 1.82) is 0 Å². The summed E-state index contributed by atoms with van der Waals surface area (Å²) in [6, 6.07) is 14.9. The Bertz CT molecular complexity index is 1050. The maximum atomic E-state index is 12.8. The third-order valence-electron chi connectivity index (χ3n) is 5.37. The Morgan fingerprint density at radius 1 is 0.844 bits per heavy atom. The lowest BCUT2D eigenvalue weighted by atomic mass is 10.1. The Morgan fingerprint density at radius 3 is 2.19 bits per heavy atom. The fourth-order valence-corrected chi connectivity index (χ4v) is 7.01. The highest BCUT2D eigenvalue weighted by Crippen LogP contribution is 2.34. The van der Waals surface area contributed by atoms with Crippen LogP contribution in [0.2, 0.25) is 0 Å². The number of rotatable bonds is 15. The second-order valence-corrected chi connectivity index (χ2v) is 12.1. The zero-order valence-corrected chi connectivity index (χ0v) is 21.3. The minimum Gasteiger partial charge on any atom is -0.278 e. The van der Waals surface area contributed by atoms with Crippen LogP contribution in [-0.2, 0) is 10.0 Å². The average molecular weight is 491 g/mol. The molecule has 0 fully saturated rings. The zero-order chi connectivity index (χ0) is 22.7. The van der Waals surface area contributed by atoms with Crippen LogP contribution in [0.25, 0.3) is 10.2 Å². The Hall–Kier alpha value is -1.57. The quantitative estimate of drug-likeness (QED) is 0.173. The molecule has 2 aromatic carbocycles. The van der Waals surface area contributed by atoms with Crippen molar-refractivity contribution >= 4 is 49.0 Å². The number of fused-ring (bicyclic) bond motifs is 1. The van der Waals surface area contributed by atoms with Crippen LogP contribution in [0.5, 0.6) is 0 Å². The van der Waals surface area contributed by atoms with Gasteiger partial charge >= 0.3 is 0 Å². The number of thiazole rings is 1. The molecule has 3 rings (SSSR count). The fraction of sp³-hybridized carbons (Fsp3) is 0.480. The van der Waals surface area contributed by atoms with Gasteiger partial charge in [0.2, 0.25) is 4.34 Å². The largest absolute Gasteiger partial charge is 0.289 e. The lowest BCUT2D eigenvalue weighted by Crippen LogP contribution is -2.12. The first-order valence-corrected chi connectivity index (χ1v) is 15.0. The van der Waals surface area contributed by atoms with E-state index in [1.54, 1.807) is 36.0 Å². The Balaban J connectivity index is 1.47. The molecule has 0 aliphatic rings. The van der Waals surface area contributed by atoms with Crippen molar-refractivity contribution in [3.05, 3.63) is 48.5 Å². The monoisotopic (exact) mass is 490 g/mol. The fourth-order valence-electron chi connectivity index (χ4n) is 3.61. The second-order valence-electron chi connectivity index (χ2n) is 8.08. The number of para-hydroxylation sites is 2. The molecule has 0 saturated carbocycles. The highest BCUT2D eigenvalue weighted by molar-refractivity contribution is 7.99. The molecule has 0 spiro atoms. The molecule has 3 aromatic rings. The van der Waals surface area contributed by atoms with Crippen LogP contribution in [0.1, 0.15) is 71.1 Å². The van der Waals surface area contributed by atoms with Crippen LogP contribution >= 0.6 is 23.1 Å². The van der Waals surface area contributed by atoms with Gasteiger partial charge in [0.25, 0.3) is 10.0 Å². The van der Waals surface area contributed by atoms with E-state index in [4.69, 9.17) is 0 Å². The molecule has 0 atom stereocenters. The van der Waals surface area contributed by atoms with Crippen LogP contribution in [0, 0.1) is 0 Å². The van der Waals surface area contributed by atoms with E-state index in [0.717, 1.165) is 20.9 Å². The molecule has 0 saturated heterocycles. The first-order valence-electron chi connectivity index (χ1n) is 11.7. The van der Waals surface area contributed by atoms with E-state index < -0.39 is 10.0 Å². The third kappa shape index (κ3) is 7.78. The summed E-state index contributed by atoms with van der Waals surface area (Å²) in [6.45, 7) is 2.26. The van der Waals surface area contributed by atoms with E-state index in [1.165, 1.54) is 75.5 Å². The lowest BCUT2D eigenvalue weighted by Gasteiger charge is -2.04. The molecule has 0 aliphatic carbocycles. The number of hydrogen-bond acceptors (Lipinski definition) is 5. The van der Waals surface area contributed by atoms with Gasteiger partial charge in [-0.1, -0.05) is 89.0 Å². The van der Waals surface area contributed by atoms with Gasteiger partial charge in [-0.05, 0) is 36.4 Å². The van der Waals surface area contributed by atoms with Crippen LogP contribution in [0.3, 0.4) is 0 Å². The summed E-state index contributed by atoms with van der Waals surface area (Å²) in [5, 5.41) is 0. The normalized spacial score (nSPS) is 11.8. The average Bonchev–Trinajstić information content (AvgIpc) is 3.24. The van der Waals surface area contributed by atoms with Crippen molar-refractivity contribution in [2.45, 2.75) is 80.4 Å². The van der Waals surface area contributed by atoms with Gasteiger partial charge in [0, 0.05) is 10.6 Å². The molecule has 7 heteroatoms. The van der Waals surface area contributed by atoms with E-state index >= 15 is 0 Å². The van der Waals surface area contributed by atoms with E-state index in [-0.39, 0.29) is 4.34 Å². The number of nitrogens with one attached hydrogen (secondary N) is 1. The molecular weight excluding hydrogens is 456 g/mol. The van der Waals surface area contributed by atoms with E-state index in [2.05, 4.69) is 16.6 Å². The number of nitrogens with zero attached hydrogens (tertiary/aromatic N) is 1. The van der Waals surface area contributed by atoms with Crippen LogP contribution in [-0.4, -0.2) is 19.2 Å². The first kappa shape index (κ1) is 25.1. The maximum absolute atomic E-state index is 12.8. The summed E-state index contributed by atoms with van der Waals surface area (Å²) < 4.78 is 29.2. The Morgan fingerprint density at radius 2 is 1.50 bits per heavy atom. The van der Waals surface area contributed by atoms with Gasteiger partial charge in [-0.2, -0.15) is 8.42 Å². The van der Waals surface area contributed by atoms with Gasteiger partial charge in [-0.15, -0.1) is 23.1 Å².